The number of hydrogen-bond donors (Lipinski definition) is 0. The molecule has 0 aromatic carbocycles. The van der Waals surface area contributed by atoms with E-state index < -0.39 is 9.84 Å². The molecule has 1 saturated heterocycles. The fourth-order valence-electron chi connectivity index (χ4n) is 3.35. The quantitative estimate of drug-likeness (QED) is 0.671. The Morgan fingerprint density at radius 3 is 2.56 bits per heavy atom. The van der Waals surface area contributed by atoms with E-state index in [1.165, 1.54) is 11.8 Å². The zero-order valence-electron chi connectivity index (χ0n) is 16.6. The van der Waals surface area contributed by atoms with E-state index in [1.807, 2.05) is 34.6 Å². The molecule has 2 atom stereocenters. The normalized spacial score (nSPS) is 19.5. The lowest BCUT2D eigenvalue weighted by Gasteiger charge is -2.33. The summed E-state index contributed by atoms with van der Waals surface area (Å²) in [4.78, 5) is 19.2. The molecule has 0 radical (unpaired) electrons. The second-order valence-corrected chi connectivity index (χ2v) is 10.3. The van der Waals surface area contributed by atoms with Gasteiger partial charge >= 0.3 is 0 Å². The topological polar surface area (TPSA) is 91.1 Å². The van der Waals surface area contributed by atoms with Gasteiger partial charge < -0.3 is 4.90 Å². The van der Waals surface area contributed by atoms with Gasteiger partial charge in [-0.15, -0.1) is 0 Å². The van der Waals surface area contributed by atoms with Gasteiger partial charge in [-0.05, 0) is 51.7 Å². The van der Waals surface area contributed by atoms with Crippen molar-refractivity contribution in [1.29, 1.82) is 5.26 Å². The van der Waals surface area contributed by atoms with Gasteiger partial charge in [-0.1, -0.05) is 18.7 Å². The summed E-state index contributed by atoms with van der Waals surface area (Å²) in [5.74, 6) is 0.225. The van der Waals surface area contributed by atoms with Crippen LogP contribution >= 0.6 is 11.8 Å². The number of sulfone groups is 1. The van der Waals surface area contributed by atoms with E-state index in [1.54, 1.807) is 4.90 Å². The molecule has 1 aliphatic heterocycles. The number of aryl methyl sites for hydroxylation is 1. The number of amides is 1. The van der Waals surface area contributed by atoms with Gasteiger partial charge in [-0.2, -0.15) is 5.26 Å². The summed E-state index contributed by atoms with van der Waals surface area (Å²) < 4.78 is 23.7. The second kappa shape index (κ2) is 8.61. The number of rotatable bonds is 6. The van der Waals surface area contributed by atoms with E-state index in [4.69, 9.17) is 0 Å². The molecule has 1 aromatic heterocycles. The van der Waals surface area contributed by atoms with Crippen LogP contribution in [0, 0.1) is 32.1 Å². The van der Waals surface area contributed by atoms with Crippen LogP contribution in [0.25, 0.3) is 0 Å². The molecule has 0 bridgehead atoms. The summed E-state index contributed by atoms with van der Waals surface area (Å²) in [5.41, 5.74) is 3.23. The minimum Gasteiger partial charge on any atom is -0.335 e. The maximum atomic E-state index is 13.0. The van der Waals surface area contributed by atoms with E-state index in [0.29, 0.717) is 17.0 Å². The van der Waals surface area contributed by atoms with Gasteiger partial charge in [0, 0.05) is 17.8 Å². The monoisotopic (exact) mass is 409 g/mol. The molecular formula is C19H27N3O3S2. The highest BCUT2D eigenvalue weighted by Gasteiger charge is 2.36. The molecule has 1 fully saturated rings. The van der Waals surface area contributed by atoms with Crippen LogP contribution < -0.4 is 0 Å². The minimum atomic E-state index is -3.07. The molecule has 0 unspecified atom stereocenters. The Bertz CT molecular complexity index is 875. The SMILES string of the molecule is CC[C@H](C)N(C(=O)CSc1nc(C)c(C)c(C)c1C#N)[C@H]1CCS(=O)(=O)C1. The highest BCUT2D eigenvalue weighted by atomic mass is 32.2. The average molecular weight is 410 g/mol. The lowest BCUT2D eigenvalue weighted by molar-refractivity contribution is -0.132. The Labute approximate surface area is 166 Å². The van der Waals surface area contributed by atoms with E-state index in [-0.39, 0.29) is 35.2 Å². The third-order valence-electron chi connectivity index (χ3n) is 5.36. The van der Waals surface area contributed by atoms with Crippen molar-refractivity contribution in [2.24, 2.45) is 0 Å². The highest BCUT2D eigenvalue weighted by molar-refractivity contribution is 8.00. The van der Waals surface area contributed by atoms with Gasteiger partial charge in [-0.25, -0.2) is 13.4 Å². The molecule has 0 aliphatic carbocycles. The van der Waals surface area contributed by atoms with Crippen molar-refractivity contribution in [3.8, 4) is 6.07 Å². The van der Waals surface area contributed by atoms with Gasteiger partial charge in [0.25, 0.3) is 0 Å². The first-order valence-electron chi connectivity index (χ1n) is 9.13. The average Bonchev–Trinajstić information content (AvgIpc) is 2.97. The van der Waals surface area contributed by atoms with Crippen molar-refractivity contribution >= 4 is 27.5 Å². The number of nitriles is 1. The fraction of sp³-hybridized carbons (Fsp3) is 0.632. The van der Waals surface area contributed by atoms with Crippen LogP contribution in [-0.4, -0.2) is 53.6 Å². The van der Waals surface area contributed by atoms with Gasteiger partial charge in [0.15, 0.2) is 9.84 Å². The summed E-state index contributed by atoms with van der Waals surface area (Å²) >= 11 is 1.26. The third kappa shape index (κ3) is 4.82. The molecule has 0 N–H and O–H groups in total. The first kappa shape index (κ1) is 21.7. The van der Waals surface area contributed by atoms with Crippen LogP contribution in [0.15, 0.2) is 5.03 Å². The number of carbonyl (C=O) groups excluding carboxylic acids is 1. The van der Waals surface area contributed by atoms with E-state index in [2.05, 4.69) is 11.1 Å². The maximum Gasteiger partial charge on any atom is 0.233 e. The molecule has 8 heteroatoms. The third-order valence-corrected chi connectivity index (χ3v) is 8.07. The Hall–Kier alpha value is -1.59. The first-order valence-corrected chi connectivity index (χ1v) is 11.9. The van der Waals surface area contributed by atoms with Crippen molar-refractivity contribution in [3.05, 3.63) is 22.4 Å². The number of pyridine rings is 1. The number of thioether (sulfide) groups is 1. The number of carbonyl (C=O) groups is 1. The smallest absolute Gasteiger partial charge is 0.233 e. The lowest BCUT2D eigenvalue weighted by Crippen LogP contribution is -2.47. The molecule has 1 aromatic rings. The molecule has 2 rings (SSSR count). The van der Waals surface area contributed by atoms with Crippen LogP contribution in [0.5, 0.6) is 0 Å². The van der Waals surface area contributed by atoms with E-state index >= 15 is 0 Å². The predicted molar refractivity (Wildman–Crippen MR) is 108 cm³/mol. The zero-order chi connectivity index (χ0) is 20.4. The first-order chi connectivity index (χ1) is 12.6. The lowest BCUT2D eigenvalue weighted by atomic mass is 10.1. The summed E-state index contributed by atoms with van der Waals surface area (Å²) in [5, 5.41) is 10.0. The molecule has 1 aliphatic rings. The predicted octanol–water partition coefficient (Wildman–Crippen LogP) is 2.78. The van der Waals surface area contributed by atoms with Gasteiger partial charge in [0.05, 0.1) is 22.8 Å². The summed E-state index contributed by atoms with van der Waals surface area (Å²) in [6.45, 7) is 9.66. The molecule has 27 heavy (non-hydrogen) atoms. The van der Waals surface area contributed by atoms with Crippen molar-refractivity contribution in [2.45, 2.75) is 64.6 Å². The van der Waals surface area contributed by atoms with Crippen molar-refractivity contribution < 1.29 is 13.2 Å². The van der Waals surface area contributed by atoms with Crippen LogP contribution in [0.2, 0.25) is 0 Å². The molecule has 6 nitrogen and oxygen atoms in total. The largest absolute Gasteiger partial charge is 0.335 e. The fourth-order valence-corrected chi connectivity index (χ4v) is 6.02. The molecule has 2 heterocycles. The summed E-state index contributed by atoms with van der Waals surface area (Å²) in [7, 11) is -3.07. The van der Waals surface area contributed by atoms with Crippen LogP contribution in [0.1, 0.15) is 49.1 Å². The Morgan fingerprint density at radius 2 is 2.04 bits per heavy atom. The standard InChI is InChI=1S/C19H27N3O3S2/c1-6-12(2)22(16-7-8-27(24,25)11-16)18(23)10-26-19-17(9-20)14(4)13(3)15(5)21-19/h12,16H,6-8,10-11H2,1-5H3/t12-,16-/m0/s1. The van der Waals surface area contributed by atoms with Gasteiger partial charge in [-0.3, -0.25) is 4.79 Å². The molecular weight excluding hydrogens is 382 g/mol. The van der Waals surface area contributed by atoms with Gasteiger partial charge in [0.2, 0.25) is 5.91 Å². The van der Waals surface area contributed by atoms with Crippen LogP contribution in [0.4, 0.5) is 0 Å². The van der Waals surface area contributed by atoms with E-state index in [9.17, 15) is 18.5 Å². The number of aromatic nitrogens is 1. The van der Waals surface area contributed by atoms with Crippen molar-refractivity contribution in [2.75, 3.05) is 17.3 Å². The maximum absolute atomic E-state index is 13.0. The highest BCUT2D eigenvalue weighted by Crippen LogP contribution is 2.28. The Balaban J connectivity index is 2.21. The van der Waals surface area contributed by atoms with Crippen LogP contribution in [-0.2, 0) is 14.6 Å². The van der Waals surface area contributed by atoms with Crippen molar-refractivity contribution in [3.63, 3.8) is 0 Å². The molecule has 0 saturated carbocycles. The van der Waals surface area contributed by atoms with Crippen molar-refractivity contribution in [1.82, 2.24) is 9.88 Å². The molecule has 0 spiro atoms. The second-order valence-electron chi connectivity index (χ2n) is 7.14. The molecule has 1 amide bonds. The van der Waals surface area contributed by atoms with E-state index in [0.717, 1.165) is 23.2 Å². The Morgan fingerprint density at radius 1 is 1.37 bits per heavy atom. The summed E-state index contributed by atoms with van der Waals surface area (Å²) in [6.07, 6.45) is 1.25. The van der Waals surface area contributed by atoms with Crippen LogP contribution in [0.3, 0.4) is 0 Å². The van der Waals surface area contributed by atoms with Gasteiger partial charge in [0.1, 0.15) is 11.1 Å². The number of hydrogen-bond acceptors (Lipinski definition) is 6. The Kier molecular flexibility index (Phi) is 6.92. The molecule has 148 valence electrons. The number of nitrogens with zero attached hydrogens (tertiary/aromatic N) is 3. The summed E-state index contributed by atoms with van der Waals surface area (Å²) in [6, 6.07) is 1.91. The minimum absolute atomic E-state index is 0.0266. The zero-order valence-corrected chi connectivity index (χ0v) is 18.2.